The molecule has 0 bridgehead atoms. The van der Waals surface area contributed by atoms with Crippen molar-refractivity contribution in [1.82, 2.24) is 0 Å². The van der Waals surface area contributed by atoms with Crippen molar-refractivity contribution in [2.75, 3.05) is 6.54 Å². The van der Waals surface area contributed by atoms with Crippen LogP contribution in [0, 0.1) is 12.8 Å². The third-order valence-electron chi connectivity index (χ3n) is 4.19. The monoisotopic (exact) mass is 261 g/mol. The number of ether oxygens (including phenoxy) is 1. The number of hydrogen-bond donors (Lipinski definition) is 1. The summed E-state index contributed by atoms with van der Waals surface area (Å²) in [6.07, 6.45) is 5.46. The summed E-state index contributed by atoms with van der Waals surface area (Å²) in [6, 6.07) is 6.67. The van der Waals surface area contributed by atoms with Crippen molar-refractivity contribution in [3.8, 4) is 5.75 Å². The van der Waals surface area contributed by atoms with E-state index in [2.05, 4.69) is 39.0 Å². The minimum atomic E-state index is 0.232. The summed E-state index contributed by atoms with van der Waals surface area (Å²) in [5.74, 6) is 2.50. The molecule has 1 atom stereocenters. The summed E-state index contributed by atoms with van der Waals surface area (Å²) >= 11 is 0. The van der Waals surface area contributed by atoms with E-state index in [1.165, 1.54) is 30.4 Å². The van der Waals surface area contributed by atoms with Crippen molar-refractivity contribution in [1.29, 1.82) is 0 Å². The van der Waals surface area contributed by atoms with Gasteiger partial charge in [-0.05, 0) is 75.6 Å². The fourth-order valence-corrected chi connectivity index (χ4v) is 2.99. The van der Waals surface area contributed by atoms with E-state index in [0.29, 0.717) is 5.92 Å². The van der Waals surface area contributed by atoms with Crippen molar-refractivity contribution < 1.29 is 4.74 Å². The third-order valence-corrected chi connectivity index (χ3v) is 4.19. The second-order valence-electron chi connectivity index (χ2n) is 6.07. The zero-order valence-corrected chi connectivity index (χ0v) is 12.5. The van der Waals surface area contributed by atoms with Gasteiger partial charge in [0.2, 0.25) is 0 Å². The van der Waals surface area contributed by atoms with E-state index in [9.17, 15) is 0 Å². The van der Waals surface area contributed by atoms with Gasteiger partial charge in [0.15, 0.2) is 0 Å². The summed E-state index contributed by atoms with van der Waals surface area (Å²) in [7, 11) is 0. The van der Waals surface area contributed by atoms with Crippen molar-refractivity contribution in [3.63, 3.8) is 0 Å². The van der Waals surface area contributed by atoms with Gasteiger partial charge in [-0.3, -0.25) is 0 Å². The van der Waals surface area contributed by atoms with Crippen LogP contribution in [0.5, 0.6) is 5.75 Å². The molecule has 2 rings (SSSR count). The second-order valence-corrected chi connectivity index (χ2v) is 6.07. The standard InChI is InChI=1S/C17H27NO/c1-12(2)19-17-8-7-15(11-13(17)3)16(9-10-18)14-5-4-6-14/h7-8,11-12,14,16H,4-6,9-10,18H2,1-3H3. The van der Waals surface area contributed by atoms with Crippen LogP contribution in [0.1, 0.15) is 56.6 Å². The van der Waals surface area contributed by atoms with Crippen LogP contribution >= 0.6 is 0 Å². The van der Waals surface area contributed by atoms with Gasteiger partial charge in [-0.2, -0.15) is 0 Å². The zero-order chi connectivity index (χ0) is 13.8. The highest BCUT2D eigenvalue weighted by atomic mass is 16.5. The summed E-state index contributed by atoms with van der Waals surface area (Å²) in [4.78, 5) is 0. The molecule has 1 aromatic rings. The summed E-state index contributed by atoms with van der Waals surface area (Å²) < 4.78 is 5.82. The van der Waals surface area contributed by atoms with Crippen molar-refractivity contribution in [3.05, 3.63) is 29.3 Å². The lowest BCUT2D eigenvalue weighted by atomic mass is 9.71. The van der Waals surface area contributed by atoms with Crippen LogP contribution in [0.15, 0.2) is 18.2 Å². The molecule has 1 aliphatic rings. The lowest BCUT2D eigenvalue weighted by Crippen LogP contribution is -2.23. The number of aryl methyl sites for hydroxylation is 1. The lowest BCUT2D eigenvalue weighted by molar-refractivity contribution is 0.239. The molecular weight excluding hydrogens is 234 g/mol. The van der Waals surface area contributed by atoms with Crippen LogP contribution in [0.4, 0.5) is 0 Å². The maximum Gasteiger partial charge on any atom is 0.122 e. The molecule has 1 aliphatic carbocycles. The molecular formula is C17H27NO. The van der Waals surface area contributed by atoms with E-state index >= 15 is 0 Å². The van der Waals surface area contributed by atoms with Gasteiger partial charge in [-0.1, -0.05) is 18.6 Å². The van der Waals surface area contributed by atoms with Gasteiger partial charge in [-0.15, -0.1) is 0 Å². The molecule has 2 N–H and O–H groups in total. The average Bonchev–Trinajstić information content (AvgIpc) is 2.28. The van der Waals surface area contributed by atoms with Crippen molar-refractivity contribution >= 4 is 0 Å². The lowest BCUT2D eigenvalue weighted by Gasteiger charge is -2.34. The molecule has 0 aliphatic heterocycles. The topological polar surface area (TPSA) is 35.2 Å². The highest BCUT2D eigenvalue weighted by Crippen LogP contribution is 2.41. The van der Waals surface area contributed by atoms with Crippen molar-refractivity contribution in [2.24, 2.45) is 11.7 Å². The molecule has 106 valence electrons. The Kier molecular flexibility index (Phi) is 4.87. The number of hydrogen-bond acceptors (Lipinski definition) is 2. The molecule has 2 heteroatoms. The summed E-state index contributed by atoms with van der Waals surface area (Å²) in [6.45, 7) is 7.06. The van der Waals surface area contributed by atoms with Gasteiger partial charge in [0.25, 0.3) is 0 Å². The predicted octanol–water partition coefficient (Wildman–Crippen LogP) is 4.01. The molecule has 0 saturated heterocycles. The summed E-state index contributed by atoms with van der Waals surface area (Å²) in [5.41, 5.74) is 8.48. The Balaban J connectivity index is 2.16. The van der Waals surface area contributed by atoms with Crippen LogP contribution in [-0.4, -0.2) is 12.6 Å². The van der Waals surface area contributed by atoms with Gasteiger partial charge < -0.3 is 10.5 Å². The van der Waals surface area contributed by atoms with E-state index < -0.39 is 0 Å². The Morgan fingerprint density at radius 1 is 1.32 bits per heavy atom. The minimum Gasteiger partial charge on any atom is -0.491 e. The molecule has 1 saturated carbocycles. The molecule has 1 aromatic carbocycles. The molecule has 1 unspecified atom stereocenters. The molecule has 0 radical (unpaired) electrons. The molecule has 0 heterocycles. The SMILES string of the molecule is Cc1cc(C(CCN)C2CCC2)ccc1OC(C)C. The first-order valence-electron chi connectivity index (χ1n) is 7.59. The highest BCUT2D eigenvalue weighted by molar-refractivity contribution is 5.38. The molecule has 19 heavy (non-hydrogen) atoms. The molecule has 1 fully saturated rings. The second kappa shape index (κ2) is 6.42. The zero-order valence-electron chi connectivity index (χ0n) is 12.5. The van der Waals surface area contributed by atoms with E-state index in [1.54, 1.807) is 0 Å². The fourth-order valence-electron chi connectivity index (χ4n) is 2.99. The van der Waals surface area contributed by atoms with Crippen LogP contribution in [0.25, 0.3) is 0 Å². The van der Waals surface area contributed by atoms with E-state index in [-0.39, 0.29) is 6.10 Å². The Hall–Kier alpha value is -1.02. The minimum absolute atomic E-state index is 0.232. The van der Waals surface area contributed by atoms with Crippen LogP contribution in [-0.2, 0) is 0 Å². The predicted molar refractivity (Wildman–Crippen MR) is 80.7 cm³/mol. The number of rotatable bonds is 6. The Bertz CT molecular complexity index is 410. The van der Waals surface area contributed by atoms with Gasteiger partial charge in [0, 0.05) is 0 Å². The van der Waals surface area contributed by atoms with E-state index in [1.807, 2.05) is 0 Å². The Morgan fingerprint density at radius 3 is 2.53 bits per heavy atom. The summed E-state index contributed by atoms with van der Waals surface area (Å²) in [5, 5.41) is 0. The van der Waals surface area contributed by atoms with Gasteiger partial charge in [0.1, 0.15) is 5.75 Å². The third kappa shape index (κ3) is 3.50. The van der Waals surface area contributed by atoms with Gasteiger partial charge in [0.05, 0.1) is 6.10 Å². The molecule has 2 nitrogen and oxygen atoms in total. The average molecular weight is 261 g/mol. The quantitative estimate of drug-likeness (QED) is 0.839. The first-order valence-corrected chi connectivity index (χ1v) is 7.59. The maximum atomic E-state index is 5.82. The highest BCUT2D eigenvalue weighted by Gasteiger charge is 2.28. The number of nitrogens with two attached hydrogens (primary N) is 1. The molecule has 0 amide bonds. The molecule has 0 spiro atoms. The normalized spacial score (nSPS) is 17.3. The van der Waals surface area contributed by atoms with Crippen molar-refractivity contribution in [2.45, 2.75) is 58.5 Å². The number of benzene rings is 1. The fraction of sp³-hybridized carbons (Fsp3) is 0.647. The van der Waals surface area contributed by atoms with Crippen LogP contribution in [0.2, 0.25) is 0 Å². The van der Waals surface area contributed by atoms with Gasteiger partial charge >= 0.3 is 0 Å². The van der Waals surface area contributed by atoms with E-state index in [0.717, 1.165) is 24.6 Å². The first-order chi connectivity index (χ1) is 9.11. The van der Waals surface area contributed by atoms with E-state index in [4.69, 9.17) is 10.5 Å². The largest absolute Gasteiger partial charge is 0.491 e. The Labute approximate surface area is 117 Å². The Morgan fingerprint density at radius 2 is 2.05 bits per heavy atom. The first kappa shape index (κ1) is 14.4. The molecule has 0 aromatic heterocycles. The maximum absolute atomic E-state index is 5.82. The van der Waals surface area contributed by atoms with Gasteiger partial charge in [-0.25, -0.2) is 0 Å². The van der Waals surface area contributed by atoms with Crippen LogP contribution < -0.4 is 10.5 Å². The smallest absolute Gasteiger partial charge is 0.122 e. The van der Waals surface area contributed by atoms with Crippen LogP contribution in [0.3, 0.4) is 0 Å².